The van der Waals surface area contributed by atoms with Crippen LogP contribution in [0.2, 0.25) is 0 Å². The van der Waals surface area contributed by atoms with Crippen LogP contribution in [-0.4, -0.2) is 52.1 Å². The minimum Gasteiger partial charge on any atom is -0.392 e. The standard InChI is InChI=1S/C13H21N5S/c1-9-8-10(2)16-13(15-9)18-6-4-17(5-7-18)11(3)12(14)19/h8,11H,4-7H2,1-3H3,(H2,14,19). The number of rotatable bonds is 3. The first-order valence-electron chi connectivity index (χ1n) is 6.58. The Balaban J connectivity index is 2.01. The van der Waals surface area contributed by atoms with Gasteiger partial charge in [0.2, 0.25) is 5.95 Å². The first kappa shape index (κ1) is 14.1. The van der Waals surface area contributed by atoms with Gasteiger partial charge in [0.15, 0.2) is 0 Å². The SMILES string of the molecule is Cc1cc(C)nc(N2CCN(C(C)C(N)=S)CC2)n1. The maximum absolute atomic E-state index is 5.70. The predicted octanol–water partition coefficient (Wildman–Crippen LogP) is 0.890. The highest BCUT2D eigenvalue weighted by Gasteiger charge is 2.23. The van der Waals surface area contributed by atoms with E-state index in [1.54, 1.807) is 0 Å². The molecule has 2 rings (SSSR count). The Labute approximate surface area is 119 Å². The van der Waals surface area contributed by atoms with Crippen LogP contribution in [0.1, 0.15) is 18.3 Å². The normalized spacial score (nSPS) is 18.4. The molecule has 19 heavy (non-hydrogen) atoms. The molecule has 0 saturated carbocycles. The Bertz CT molecular complexity index is 448. The summed E-state index contributed by atoms with van der Waals surface area (Å²) in [5.41, 5.74) is 7.73. The van der Waals surface area contributed by atoms with Gasteiger partial charge < -0.3 is 10.6 Å². The lowest BCUT2D eigenvalue weighted by molar-refractivity contribution is 0.238. The van der Waals surface area contributed by atoms with Crippen LogP contribution in [0, 0.1) is 13.8 Å². The van der Waals surface area contributed by atoms with Crippen LogP contribution in [0.15, 0.2) is 6.07 Å². The zero-order chi connectivity index (χ0) is 14.0. The summed E-state index contributed by atoms with van der Waals surface area (Å²) in [5, 5.41) is 0. The number of nitrogens with zero attached hydrogens (tertiary/aromatic N) is 4. The minimum absolute atomic E-state index is 0.164. The maximum Gasteiger partial charge on any atom is 0.225 e. The molecule has 0 aromatic carbocycles. The Morgan fingerprint density at radius 1 is 1.21 bits per heavy atom. The molecule has 104 valence electrons. The van der Waals surface area contributed by atoms with E-state index in [0.29, 0.717) is 4.99 Å². The van der Waals surface area contributed by atoms with Crippen molar-refractivity contribution < 1.29 is 0 Å². The van der Waals surface area contributed by atoms with Gasteiger partial charge in [-0.1, -0.05) is 12.2 Å². The second-order valence-electron chi connectivity index (χ2n) is 5.05. The van der Waals surface area contributed by atoms with E-state index < -0.39 is 0 Å². The third-order valence-corrected chi connectivity index (χ3v) is 3.87. The van der Waals surface area contributed by atoms with Crippen molar-refractivity contribution in [2.45, 2.75) is 26.8 Å². The lowest BCUT2D eigenvalue weighted by atomic mass is 10.2. The number of hydrogen-bond acceptors (Lipinski definition) is 5. The molecule has 0 spiro atoms. The molecule has 1 aromatic heterocycles. The van der Waals surface area contributed by atoms with Gasteiger partial charge in [-0.05, 0) is 26.8 Å². The number of thiocarbonyl (C=S) groups is 1. The molecule has 1 atom stereocenters. The van der Waals surface area contributed by atoms with Crippen LogP contribution in [0.25, 0.3) is 0 Å². The number of hydrogen-bond donors (Lipinski definition) is 1. The minimum atomic E-state index is 0.164. The van der Waals surface area contributed by atoms with Gasteiger partial charge in [-0.2, -0.15) is 0 Å². The summed E-state index contributed by atoms with van der Waals surface area (Å²) in [6.45, 7) is 9.77. The summed E-state index contributed by atoms with van der Waals surface area (Å²) in [4.78, 5) is 14.1. The van der Waals surface area contributed by atoms with Crippen molar-refractivity contribution in [3.63, 3.8) is 0 Å². The molecule has 6 heteroatoms. The topological polar surface area (TPSA) is 58.3 Å². The third-order valence-electron chi connectivity index (χ3n) is 3.53. The maximum atomic E-state index is 5.70. The molecule has 1 aliphatic rings. The average Bonchev–Trinajstić information content (AvgIpc) is 2.37. The quantitative estimate of drug-likeness (QED) is 0.829. The van der Waals surface area contributed by atoms with Crippen LogP contribution < -0.4 is 10.6 Å². The fourth-order valence-corrected chi connectivity index (χ4v) is 2.49. The molecule has 1 saturated heterocycles. The van der Waals surface area contributed by atoms with Gasteiger partial charge in [0, 0.05) is 37.6 Å². The van der Waals surface area contributed by atoms with Gasteiger partial charge in [0.25, 0.3) is 0 Å². The van der Waals surface area contributed by atoms with Crippen molar-refractivity contribution in [3.8, 4) is 0 Å². The molecule has 1 aliphatic heterocycles. The molecule has 5 nitrogen and oxygen atoms in total. The van der Waals surface area contributed by atoms with Crippen LogP contribution in [0.3, 0.4) is 0 Å². The molecule has 1 fully saturated rings. The van der Waals surface area contributed by atoms with E-state index >= 15 is 0 Å². The van der Waals surface area contributed by atoms with E-state index in [-0.39, 0.29) is 6.04 Å². The Morgan fingerprint density at radius 3 is 2.21 bits per heavy atom. The molecule has 2 N–H and O–H groups in total. The van der Waals surface area contributed by atoms with Gasteiger partial charge in [-0.25, -0.2) is 9.97 Å². The fourth-order valence-electron chi connectivity index (χ4n) is 2.34. The monoisotopic (exact) mass is 279 g/mol. The van der Waals surface area contributed by atoms with Gasteiger partial charge in [0.1, 0.15) is 0 Å². The van der Waals surface area contributed by atoms with Crippen LogP contribution in [-0.2, 0) is 0 Å². The predicted molar refractivity (Wildman–Crippen MR) is 81.5 cm³/mol. The second-order valence-corrected chi connectivity index (χ2v) is 5.52. The van der Waals surface area contributed by atoms with Crippen molar-refractivity contribution in [1.29, 1.82) is 0 Å². The molecule has 0 radical (unpaired) electrons. The zero-order valence-electron chi connectivity index (χ0n) is 11.8. The van der Waals surface area contributed by atoms with E-state index in [9.17, 15) is 0 Å². The summed E-state index contributed by atoms with van der Waals surface area (Å²) in [7, 11) is 0. The Kier molecular flexibility index (Phi) is 4.31. The molecular formula is C13H21N5S. The summed E-state index contributed by atoms with van der Waals surface area (Å²) < 4.78 is 0. The lowest BCUT2D eigenvalue weighted by Crippen LogP contribution is -2.53. The van der Waals surface area contributed by atoms with E-state index in [2.05, 4.69) is 26.7 Å². The van der Waals surface area contributed by atoms with E-state index in [1.165, 1.54) is 0 Å². The molecular weight excluding hydrogens is 258 g/mol. The van der Waals surface area contributed by atoms with Crippen LogP contribution >= 0.6 is 12.2 Å². The fraction of sp³-hybridized carbons (Fsp3) is 0.615. The second kappa shape index (κ2) is 5.79. The highest BCUT2D eigenvalue weighted by molar-refractivity contribution is 7.80. The van der Waals surface area contributed by atoms with Crippen molar-refractivity contribution in [1.82, 2.24) is 14.9 Å². The number of nitrogens with two attached hydrogens (primary N) is 1. The molecule has 1 unspecified atom stereocenters. The highest BCUT2D eigenvalue weighted by atomic mass is 32.1. The third kappa shape index (κ3) is 3.39. The first-order valence-corrected chi connectivity index (χ1v) is 6.99. The van der Waals surface area contributed by atoms with Crippen LogP contribution in [0.4, 0.5) is 5.95 Å². The van der Waals surface area contributed by atoms with Gasteiger partial charge >= 0.3 is 0 Å². The molecule has 0 aliphatic carbocycles. The van der Waals surface area contributed by atoms with Crippen molar-refractivity contribution in [2.24, 2.45) is 5.73 Å². The zero-order valence-corrected chi connectivity index (χ0v) is 12.6. The van der Waals surface area contributed by atoms with Crippen molar-refractivity contribution >= 4 is 23.2 Å². The number of aryl methyl sites for hydroxylation is 2. The number of aromatic nitrogens is 2. The molecule has 0 amide bonds. The van der Waals surface area contributed by atoms with Crippen LogP contribution in [0.5, 0.6) is 0 Å². The van der Waals surface area contributed by atoms with E-state index in [4.69, 9.17) is 18.0 Å². The molecule has 1 aromatic rings. The Morgan fingerprint density at radius 2 is 1.74 bits per heavy atom. The largest absolute Gasteiger partial charge is 0.392 e. The van der Waals surface area contributed by atoms with Crippen molar-refractivity contribution in [3.05, 3.63) is 17.5 Å². The van der Waals surface area contributed by atoms with Crippen molar-refractivity contribution in [2.75, 3.05) is 31.1 Å². The molecule has 0 bridgehead atoms. The van der Waals surface area contributed by atoms with Gasteiger partial charge in [0.05, 0.1) is 11.0 Å². The Hall–Kier alpha value is -1.27. The summed E-state index contributed by atoms with van der Waals surface area (Å²) in [6, 6.07) is 2.16. The highest BCUT2D eigenvalue weighted by Crippen LogP contribution is 2.14. The van der Waals surface area contributed by atoms with Gasteiger partial charge in [-0.3, -0.25) is 4.90 Å². The lowest BCUT2D eigenvalue weighted by Gasteiger charge is -2.37. The summed E-state index contributed by atoms with van der Waals surface area (Å²) >= 11 is 5.05. The number of piperazine rings is 1. The van der Waals surface area contributed by atoms with Gasteiger partial charge in [-0.15, -0.1) is 0 Å². The summed E-state index contributed by atoms with van der Waals surface area (Å²) in [6.07, 6.45) is 0. The number of anilines is 1. The average molecular weight is 279 g/mol. The smallest absolute Gasteiger partial charge is 0.225 e. The van der Waals surface area contributed by atoms with E-state index in [0.717, 1.165) is 43.5 Å². The molecule has 2 heterocycles. The first-order chi connectivity index (χ1) is 8.97. The summed E-state index contributed by atoms with van der Waals surface area (Å²) in [5.74, 6) is 0.833. The van der Waals surface area contributed by atoms with E-state index in [1.807, 2.05) is 19.9 Å².